The molecule has 73 heavy (non-hydrogen) atoms. The van der Waals surface area contributed by atoms with E-state index >= 15 is 0 Å². The quantitative estimate of drug-likeness (QED) is 0.0819. The fourth-order valence-electron chi connectivity index (χ4n) is 9.16. The molecule has 0 bridgehead atoms. The molecule has 6 heterocycles. The summed E-state index contributed by atoms with van der Waals surface area (Å²) in [6, 6.07) is 18.7. The highest BCUT2D eigenvalue weighted by Gasteiger charge is 2.27. The number of benzene rings is 2. The number of nitrogens with one attached hydrogen (secondary N) is 3. The van der Waals surface area contributed by atoms with E-state index in [1.54, 1.807) is 26.2 Å². The number of aromatic nitrogens is 2. The number of carbonyl (C=O) groups excluding carboxylic acids is 3. The first kappa shape index (κ1) is 55.9. The summed E-state index contributed by atoms with van der Waals surface area (Å²) in [6.07, 6.45) is 4.26. The van der Waals surface area contributed by atoms with Crippen LogP contribution in [0.25, 0.3) is 22.3 Å². The number of aryl methyl sites for hydroxylation is 2. The zero-order chi connectivity index (χ0) is 52.4. The lowest BCUT2D eigenvalue weighted by Crippen LogP contribution is -2.37. The van der Waals surface area contributed by atoms with Crippen LogP contribution in [0.2, 0.25) is 0 Å². The molecule has 4 aromatic rings. The number of anilines is 4. The van der Waals surface area contributed by atoms with Crippen LogP contribution in [-0.2, 0) is 9.47 Å². The van der Waals surface area contributed by atoms with Gasteiger partial charge in [0, 0.05) is 83.9 Å². The standard InChI is InChI=1S/C27H37N5O4.C24H30N4O4.C3H9NO/c1-4-20-7-8-32(18-20)27(35)28-22-6-5-19(2)23(17-22)21-15-24(26(34)30(3)9-12-33)29-25(16-21)31-10-13-36-14-11-31;1-3-17-6-7-28(15-17)24(31)25-19-5-4-16(2)20(14-19)18-12-21(23(29)30)26-22(13-18)27-8-10-32-11-9-27;1-4-2-3-5/h5-6,15-17,20,33H,4,7-14,18H2,1-3H3,(H,28,35);4-5,12-14,17H,3,6-11,15H2,1-2H3,(H,25,31)(H,29,30);4-5H,2-3H2,1H3/t20-;17-;/m11./s1. The number of pyridine rings is 2. The Kier molecular flexibility index (Phi) is 21.2. The number of aromatic carboxylic acids is 1. The van der Waals surface area contributed by atoms with Gasteiger partial charge in [0.05, 0.1) is 39.6 Å². The average Bonchev–Trinajstić information content (AvgIpc) is 4.12. The van der Waals surface area contributed by atoms with Gasteiger partial charge in [-0.05, 0) is 127 Å². The number of ether oxygens (including phenoxy) is 2. The number of carbonyl (C=O) groups is 4. The Balaban J connectivity index is 0.000000219. The molecule has 0 unspecified atom stereocenters. The van der Waals surface area contributed by atoms with Crippen LogP contribution >= 0.6 is 0 Å². The number of carboxylic acids is 1. The third-order valence-corrected chi connectivity index (χ3v) is 13.8. The number of hydrogen-bond acceptors (Lipinski definition) is 13. The average molecular weight is 1010 g/mol. The summed E-state index contributed by atoms with van der Waals surface area (Å²) < 4.78 is 10.9. The van der Waals surface area contributed by atoms with Gasteiger partial charge >= 0.3 is 18.0 Å². The molecule has 396 valence electrons. The molecule has 2 atom stereocenters. The van der Waals surface area contributed by atoms with E-state index < -0.39 is 5.97 Å². The molecule has 5 amide bonds. The van der Waals surface area contributed by atoms with Crippen LogP contribution < -0.4 is 25.8 Å². The third kappa shape index (κ3) is 15.6. The molecule has 19 nitrogen and oxygen atoms in total. The maximum atomic E-state index is 13.1. The summed E-state index contributed by atoms with van der Waals surface area (Å²) in [5.41, 5.74) is 7.17. The predicted molar refractivity (Wildman–Crippen MR) is 285 cm³/mol. The Hall–Kier alpha value is -6.38. The zero-order valence-corrected chi connectivity index (χ0v) is 43.5. The van der Waals surface area contributed by atoms with Crippen molar-refractivity contribution in [1.29, 1.82) is 0 Å². The van der Waals surface area contributed by atoms with Crippen molar-refractivity contribution in [2.45, 2.75) is 53.4 Å². The number of likely N-dealkylation sites (tertiary alicyclic amines) is 2. The number of nitrogens with zero attached hydrogens (tertiary/aromatic N) is 7. The molecular formula is C54H76N10O9. The van der Waals surface area contributed by atoms with Crippen molar-refractivity contribution < 1.29 is 44.0 Å². The van der Waals surface area contributed by atoms with E-state index in [0.29, 0.717) is 94.0 Å². The lowest BCUT2D eigenvalue weighted by Gasteiger charge is -2.29. The van der Waals surface area contributed by atoms with E-state index in [2.05, 4.69) is 44.7 Å². The SMILES string of the molecule is CC[C@@H]1CCN(C(=O)Nc2ccc(C)c(-c3cc(C(=O)N(C)CCO)nc(N4CCOCC4)c3)c2)C1.CC[C@@H]1CCN(C(=O)Nc2ccc(C)c(-c3cc(C(=O)O)nc(N4CCOCC4)c3)c2)C1.CNCCO. The van der Waals surface area contributed by atoms with Crippen molar-refractivity contribution in [3.05, 3.63) is 83.2 Å². The maximum Gasteiger partial charge on any atom is 0.354 e. The molecular weight excluding hydrogens is 933 g/mol. The highest BCUT2D eigenvalue weighted by Crippen LogP contribution is 2.33. The summed E-state index contributed by atoms with van der Waals surface area (Å²) >= 11 is 0. The Morgan fingerprint density at radius 1 is 0.658 bits per heavy atom. The second kappa shape index (κ2) is 27.6. The largest absolute Gasteiger partial charge is 0.477 e. The van der Waals surface area contributed by atoms with Crippen molar-refractivity contribution >= 4 is 46.9 Å². The zero-order valence-electron chi connectivity index (χ0n) is 43.5. The molecule has 0 saturated carbocycles. The molecule has 0 aliphatic carbocycles. The van der Waals surface area contributed by atoms with Crippen molar-refractivity contribution in [2.24, 2.45) is 11.8 Å². The normalized spacial score (nSPS) is 17.5. The minimum absolute atomic E-state index is 0.000467. The lowest BCUT2D eigenvalue weighted by molar-refractivity contribution is 0.0689. The lowest BCUT2D eigenvalue weighted by atomic mass is 9.99. The molecule has 4 saturated heterocycles. The topological polar surface area (TPSA) is 225 Å². The molecule has 19 heteroatoms. The van der Waals surface area contributed by atoms with Gasteiger partial charge in [-0.3, -0.25) is 4.79 Å². The number of likely N-dealkylation sites (N-methyl/N-ethyl adjacent to an activating group) is 2. The molecule has 2 aromatic heterocycles. The highest BCUT2D eigenvalue weighted by atomic mass is 16.5. The van der Waals surface area contributed by atoms with Gasteiger partial charge in [0.2, 0.25) is 0 Å². The summed E-state index contributed by atoms with van der Waals surface area (Å²) in [5.74, 6) is 1.16. The van der Waals surface area contributed by atoms with Gasteiger partial charge in [0.25, 0.3) is 5.91 Å². The van der Waals surface area contributed by atoms with Gasteiger partial charge in [-0.25, -0.2) is 24.4 Å². The monoisotopic (exact) mass is 1010 g/mol. The summed E-state index contributed by atoms with van der Waals surface area (Å²) in [5, 5.41) is 35.7. The van der Waals surface area contributed by atoms with E-state index in [1.165, 1.54) is 4.90 Å². The molecule has 0 spiro atoms. The molecule has 4 aliphatic rings. The van der Waals surface area contributed by atoms with Crippen molar-refractivity contribution in [3.8, 4) is 22.3 Å². The minimum Gasteiger partial charge on any atom is -0.477 e. The molecule has 8 rings (SSSR count). The van der Waals surface area contributed by atoms with Crippen molar-refractivity contribution in [2.75, 3.05) is 140 Å². The summed E-state index contributed by atoms with van der Waals surface area (Å²) in [6.45, 7) is 17.6. The fourth-order valence-corrected chi connectivity index (χ4v) is 9.16. The van der Waals surface area contributed by atoms with Gasteiger partial charge < -0.3 is 65.2 Å². The Labute approximate surface area is 429 Å². The van der Waals surface area contributed by atoms with E-state index in [0.717, 1.165) is 90.9 Å². The van der Waals surface area contributed by atoms with Crippen molar-refractivity contribution in [1.82, 2.24) is 30.0 Å². The van der Waals surface area contributed by atoms with E-state index in [-0.39, 0.29) is 43.4 Å². The minimum atomic E-state index is -1.07. The van der Waals surface area contributed by atoms with E-state index in [4.69, 9.17) is 14.6 Å². The van der Waals surface area contributed by atoms with E-state index in [1.807, 2.05) is 77.1 Å². The first-order chi connectivity index (χ1) is 35.2. The Morgan fingerprint density at radius 3 is 1.49 bits per heavy atom. The number of urea groups is 2. The maximum absolute atomic E-state index is 13.1. The van der Waals surface area contributed by atoms with Gasteiger partial charge in [-0.2, -0.15) is 0 Å². The Morgan fingerprint density at radius 2 is 1.11 bits per heavy atom. The summed E-state index contributed by atoms with van der Waals surface area (Å²) in [4.78, 5) is 68.8. The number of aliphatic hydroxyl groups excluding tert-OH is 2. The molecule has 2 aromatic carbocycles. The first-order valence-corrected chi connectivity index (χ1v) is 25.6. The van der Waals surface area contributed by atoms with Crippen molar-refractivity contribution in [3.63, 3.8) is 0 Å². The fraction of sp³-hybridized carbons (Fsp3) is 0.519. The first-order valence-electron chi connectivity index (χ1n) is 25.6. The number of rotatable bonds is 14. The number of morpholine rings is 2. The van der Waals surface area contributed by atoms with Crippen LogP contribution in [0.15, 0.2) is 60.7 Å². The third-order valence-electron chi connectivity index (χ3n) is 13.8. The number of hydrogen-bond donors (Lipinski definition) is 6. The van der Waals surface area contributed by atoms with Gasteiger partial charge in [0.1, 0.15) is 17.3 Å². The van der Waals surface area contributed by atoms with Crippen LogP contribution in [0.1, 0.15) is 71.6 Å². The highest BCUT2D eigenvalue weighted by molar-refractivity contribution is 5.95. The number of carboxylic acid groups (broad SMARTS) is 1. The number of aliphatic hydroxyl groups is 2. The molecule has 4 aliphatic heterocycles. The van der Waals surface area contributed by atoms with Crippen LogP contribution in [0.3, 0.4) is 0 Å². The second-order valence-electron chi connectivity index (χ2n) is 18.9. The van der Waals surface area contributed by atoms with Crippen LogP contribution in [0.4, 0.5) is 32.6 Å². The predicted octanol–water partition coefficient (Wildman–Crippen LogP) is 6.28. The van der Waals surface area contributed by atoms with Gasteiger partial charge in [-0.1, -0.05) is 38.8 Å². The summed E-state index contributed by atoms with van der Waals surface area (Å²) in [7, 11) is 3.46. The second-order valence-corrected chi connectivity index (χ2v) is 18.9. The van der Waals surface area contributed by atoms with Gasteiger partial charge in [-0.15, -0.1) is 0 Å². The van der Waals surface area contributed by atoms with Gasteiger partial charge in [0.15, 0.2) is 5.69 Å². The smallest absolute Gasteiger partial charge is 0.354 e. The van der Waals surface area contributed by atoms with Crippen LogP contribution in [0, 0.1) is 25.7 Å². The van der Waals surface area contributed by atoms with Crippen LogP contribution in [-0.4, -0.2) is 183 Å². The van der Waals surface area contributed by atoms with Crippen LogP contribution in [0.5, 0.6) is 0 Å². The molecule has 0 radical (unpaired) electrons. The van der Waals surface area contributed by atoms with E-state index in [9.17, 15) is 29.4 Å². The molecule has 4 fully saturated rings. The Bertz CT molecular complexity index is 2480. The number of amides is 5. The molecule has 6 N–H and O–H groups in total.